The SMILES string of the molecule is COc1cccc(/C(=C/C(=O)[O-])c2cccc(Cl)c2)c1. The highest BCUT2D eigenvalue weighted by molar-refractivity contribution is 6.30. The fourth-order valence-corrected chi connectivity index (χ4v) is 2.09. The summed E-state index contributed by atoms with van der Waals surface area (Å²) >= 11 is 5.96. The van der Waals surface area contributed by atoms with Crippen LogP contribution >= 0.6 is 11.6 Å². The average Bonchev–Trinajstić information content (AvgIpc) is 2.44. The molecule has 0 bridgehead atoms. The molecular weight excluding hydrogens is 276 g/mol. The molecule has 0 heterocycles. The van der Waals surface area contributed by atoms with Crippen molar-refractivity contribution in [3.05, 3.63) is 70.8 Å². The van der Waals surface area contributed by atoms with E-state index in [1.165, 1.54) is 0 Å². The Morgan fingerprint density at radius 2 is 1.80 bits per heavy atom. The van der Waals surface area contributed by atoms with Crippen LogP contribution in [0.3, 0.4) is 0 Å². The number of hydrogen-bond donors (Lipinski definition) is 0. The first-order valence-electron chi connectivity index (χ1n) is 5.93. The number of rotatable bonds is 4. The van der Waals surface area contributed by atoms with Gasteiger partial charge in [0.25, 0.3) is 0 Å². The molecule has 2 aromatic rings. The Bertz CT molecular complexity index is 662. The van der Waals surface area contributed by atoms with E-state index in [1.54, 1.807) is 55.6 Å². The normalized spacial score (nSPS) is 11.2. The smallest absolute Gasteiger partial charge is 0.119 e. The molecule has 0 spiro atoms. The molecule has 2 aromatic carbocycles. The van der Waals surface area contributed by atoms with Gasteiger partial charge in [-0.3, -0.25) is 0 Å². The number of carbonyl (C=O) groups excluding carboxylic acids is 1. The molecule has 102 valence electrons. The third-order valence-corrected chi connectivity index (χ3v) is 3.01. The Hall–Kier alpha value is -2.26. The van der Waals surface area contributed by atoms with Gasteiger partial charge in [0, 0.05) is 5.02 Å². The first-order chi connectivity index (χ1) is 9.60. The monoisotopic (exact) mass is 287 g/mol. The zero-order valence-electron chi connectivity index (χ0n) is 10.8. The van der Waals surface area contributed by atoms with Gasteiger partial charge in [-0.15, -0.1) is 0 Å². The van der Waals surface area contributed by atoms with E-state index in [2.05, 4.69) is 0 Å². The summed E-state index contributed by atoms with van der Waals surface area (Å²) in [5.74, 6) is -0.614. The first-order valence-corrected chi connectivity index (χ1v) is 6.31. The van der Waals surface area contributed by atoms with E-state index in [0.717, 1.165) is 11.6 Å². The molecule has 0 aliphatic carbocycles. The van der Waals surface area contributed by atoms with Crippen molar-refractivity contribution in [2.45, 2.75) is 0 Å². The predicted octanol–water partition coefficient (Wildman–Crippen LogP) is 2.53. The Labute approximate surface area is 122 Å². The summed E-state index contributed by atoms with van der Waals surface area (Å²) in [5, 5.41) is 11.5. The molecule has 0 aliphatic rings. The Morgan fingerprint density at radius 1 is 1.15 bits per heavy atom. The number of aliphatic carboxylic acids is 1. The Balaban J connectivity index is 2.56. The maximum atomic E-state index is 10.9. The highest BCUT2D eigenvalue weighted by Gasteiger charge is 2.07. The quantitative estimate of drug-likeness (QED) is 0.812. The zero-order valence-corrected chi connectivity index (χ0v) is 11.6. The lowest BCUT2D eigenvalue weighted by Gasteiger charge is -2.11. The van der Waals surface area contributed by atoms with Crippen LogP contribution < -0.4 is 9.84 Å². The van der Waals surface area contributed by atoms with Gasteiger partial charge in [0.2, 0.25) is 0 Å². The minimum absolute atomic E-state index is 0.520. The highest BCUT2D eigenvalue weighted by Crippen LogP contribution is 2.27. The second-order valence-electron chi connectivity index (χ2n) is 4.12. The zero-order chi connectivity index (χ0) is 14.5. The molecule has 0 unspecified atom stereocenters. The van der Waals surface area contributed by atoms with Gasteiger partial charge in [-0.2, -0.15) is 0 Å². The van der Waals surface area contributed by atoms with Crippen molar-refractivity contribution < 1.29 is 14.6 Å². The van der Waals surface area contributed by atoms with Crippen LogP contribution in [0.4, 0.5) is 0 Å². The van der Waals surface area contributed by atoms with E-state index in [1.807, 2.05) is 0 Å². The molecule has 2 rings (SSSR count). The number of hydrogen-bond acceptors (Lipinski definition) is 3. The molecule has 0 saturated carbocycles. The number of carbonyl (C=O) groups is 1. The van der Waals surface area contributed by atoms with Crippen molar-refractivity contribution >= 4 is 23.1 Å². The summed E-state index contributed by atoms with van der Waals surface area (Å²) in [4.78, 5) is 10.9. The van der Waals surface area contributed by atoms with Gasteiger partial charge in [-0.25, -0.2) is 0 Å². The molecule has 0 saturated heterocycles. The molecule has 0 amide bonds. The van der Waals surface area contributed by atoms with Crippen molar-refractivity contribution in [3.8, 4) is 5.75 Å². The standard InChI is InChI=1S/C16H13ClO3/c1-20-14-7-3-5-12(9-14)15(10-16(18)19)11-4-2-6-13(17)8-11/h2-10H,1H3,(H,18,19)/p-1/b15-10+. The van der Waals surface area contributed by atoms with Crippen LogP contribution in [0.2, 0.25) is 5.02 Å². The van der Waals surface area contributed by atoms with Crippen LogP contribution in [0.1, 0.15) is 11.1 Å². The topological polar surface area (TPSA) is 49.4 Å². The van der Waals surface area contributed by atoms with Crippen molar-refractivity contribution in [1.82, 2.24) is 0 Å². The number of benzene rings is 2. The van der Waals surface area contributed by atoms with Crippen LogP contribution in [0, 0.1) is 0 Å². The van der Waals surface area contributed by atoms with Crippen LogP contribution in [0.15, 0.2) is 54.6 Å². The Morgan fingerprint density at radius 3 is 2.40 bits per heavy atom. The lowest BCUT2D eigenvalue weighted by atomic mass is 9.97. The van der Waals surface area contributed by atoms with Crippen LogP contribution in [-0.4, -0.2) is 13.1 Å². The molecule has 0 aliphatic heterocycles. The van der Waals surface area contributed by atoms with Crippen LogP contribution in [-0.2, 0) is 4.79 Å². The van der Waals surface area contributed by atoms with E-state index in [-0.39, 0.29) is 0 Å². The van der Waals surface area contributed by atoms with Gasteiger partial charge in [0.1, 0.15) is 5.75 Å². The molecule has 20 heavy (non-hydrogen) atoms. The molecule has 3 nitrogen and oxygen atoms in total. The molecule has 0 atom stereocenters. The van der Waals surface area contributed by atoms with E-state index < -0.39 is 5.97 Å². The summed E-state index contributed by atoms with van der Waals surface area (Å²) in [5.41, 5.74) is 1.94. The molecular formula is C16H12ClO3-. The minimum Gasteiger partial charge on any atom is -0.545 e. The van der Waals surface area contributed by atoms with Gasteiger partial charge in [0.15, 0.2) is 0 Å². The largest absolute Gasteiger partial charge is 0.545 e. The van der Waals surface area contributed by atoms with E-state index in [0.29, 0.717) is 21.9 Å². The van der Waals surface area contributed by atoms with Crippen molar-refractivity contribution in [2.24, 2.45) is 0 Å². The van der Waals surface area contributed by atoms with E-state index in [9.17, 15) is 9.90 Å². The number of methoxy groups -OCH3 is 1. The summed E-state index contributed by atoms with van der Waals surface area (Å²) < 4.78 is 5.15. The maximum Gasteiger partial charge on any atom is 0.119 e. The summed E-state index contributed by atoms with van der Waals surface area (Å²) in [6, 6.07) is 14.1. The molecule has 0 radical (unpaired) electrons. The summed E-state index contributed by atoms with van der Waals surface area (Å²) in [6.45, 7) is 0. The first kappa shape index (κ1) is 14.2. The number of carboxylic acid groups (broad SMARTS) is 1. The maximum absolute atomic E-state index is 10.9. The van der Waals surface area contributed by atoms with Crippen LogP contribution in [0.5, 0.6) is 5.75 Å². The van der Waals surface area contributed by atoms with Gasteiger partial charge in [-0.05, 0) is 47.0 Å². The third kappa shape index (κ3) is 3.39. The van der Waals surface area contributed by atoms with E-state index in [4.69, 9.17) is 16.3 Å². The van der Waals surface area contributed by atoms with Crippen LogP contribution in [0.25, 0.3) is 5.57 Å². The highest BCUT2D eigenvalue weighted by atomic mass is 35.5. The second-order valence-corrected chi connectivity index (χ2v) is 4.56. The lowest BCUT2D eigenvalue weighted by molar-refractivity contribution is -0.297. The van der Waals surface area contributed by atoms with Crippen molar-refractivity contribution in [3.63, 3.8) is 0 Å². The average molecular weight is 288 g/mol. The third-order valence-electron chi connectivity index (χ3n) is 2.78. The number of carboxylic acids is 1. The van der Waals surface area contributed by atoms with Crippen molar-refractivity contribution in [1.29, 1.82) is 0 Å². The summed E-state index contributed by atoms with van der Waals surface area (Å²) in [6.07, 6.45) is 1.06. The van der Waals surface area contributed by atoms with E-state index >= 15 is 0 Å². The number of ether oxygens (including phenoxy) is 1. The number of halogens is 1. The Kier molecular flexibility index (Phi) is 4.43. The van der Waals surface area contributed by atoms with Gasteiger partial charge < -0.3 is 14.6 Å². The molecule has 0 N–H and O–H groups in total. The predicted molar refractivity (Wildman–Crippen MR) is 76.5 cm³/mol. The second kappa shape index (κ2) is 6.26. The minimum atomic E-state index is -1.26. The van der Waals surface area contributed by atoms with Gasteiger partial charge in [-0.1, -0.05) is 35.9 Å². The fourth-order valence-electron chi connectivity index (χ4n) is 1.90. The lowest BCUT2D eigenvalue weighted by Crippen LogP contribution is -2.19. The molecule has 0 aromatic heterocycles. The van der Waals surface area contributed by atoms with Gasteiger partial charge in [0.05, 0.1) is 13.1 Å². The fraction of sp³-hybridized carbons (Fsp3) is 0.0625. The van der Waals surface area contributed by atoms with Gasteiger partial charge >= 0.3 is 0 Å². The molecule has 4 heteroatoms. The molecule has 0 fully saturated rings. The summed E-state index contributed by atoms with van der Waals surface area (Å²) in [7, 11) is 1.56. The van der Waals surface area contributed by atoms with Crippen molar-refractivity contribution in [2.75, 3.05) is 7.11 Å².